The topological polar surface area (TPSA) is 65.5 Å². The Kier molecular flexibility index (Phi) is 11.4. The molecule has 0 heterocycles. The number of nitrogens with one attached hydrogen (secondary N) is 3. The highest BCUT2D eigenvalue weighted by Crippen LogP contribution is 2.12. The first kappa shape index (κ1) is 19.8. The lowest BCUT2D eigenvalue weighted by Crippen LogP contribution is -2.47. The van der Waals surface area contributed by atoms with Gasteiger partial charge >= 0.3 is 0 Å². The smallest absolute Gasteiger partial charge is 0.227 e. The molecule has 0 radical (unpaired) electrons. The van der Waals surface area contributed by atoms with Crippen LogP contribution in [0.2, 0.25) is 0 Å². The molecular formula is C12H27IN4O. The lowest BCUT2D eigenvalue weighted by atomic mass is 9.92. The van der Waals surface area contributed by atoms with Crippen LogP contribution in [0, 0.1) is 5.41 Å². The molecule has 0 bridgehead atoms. The molecule has 0 fully saturated rings. The summed E-state index contributed by atoms with van der Waals surface area (Å²) in [4.78, 5) is 15.7. The van der Waals surface area contributed by atoms with Gasteiger partial charge in [-0.1, -0.05) is 13.3 Å². The van der Waals surface area contributed by atoms with E-state index in [0.29, 0.717) is 6.54 Å². The molecule has 108 valence electrons. The molecule has 0 rings (SSSR count). The highest BCUT2D eigenvalue weighted by Gasteiger charge is 2.26. The number of hydrogen-bond donors (Lipinski definition) is 3. The second-order valence-corrected chi connectivity index (χ2v) is 4.67. The lowest BCUT2D eigenvalue weighted by Gasteiger charge is -2.24. The summed E-state index contributed by atoms with van der Waals surface area (Å²) < 4.78 is 0. The van der Waals surface area contributed by atoms with Gasteiger partial charge in [0.2, 0.25) is 5.91 Å². The Balaban J connectivity index is 0. The number of amides is 1. The third kappa shape index (κ3) is 7.73. The van der Waals surface area contributed by atoms with Crippen molar-refractivity contribution >= 4 is 35.8 Å². The van der Waals surface area contributed by atoms with Gasteiger partial charge in [-0.15, -0.1) is 24.0 Å². The first-order valence-corrected chi connectivity index (χ1v) is 6.14. The van der Waals surface area contributed by atoms with Crippen molar-refractivity contribution in [1.82, 2.24) is 16.0 Å². The quantitative estimate of drug-likeness (QED) is 0.286. The van der Waals surface area contributed by atoms with Crippen LogP contribution in [-0.2, 0) is 4.79 Å². The Hall–Kier alpha value is -0.530. The standard InChI is InChI=1S/C12H26N4O.HI/c1-6-7-8-15-11(14-5)16-9-12(2,3)10(17)13-4;/h6-9H2,1-5H3,(H,13,17)(H2,14,15,16);1H. The second-order valence-electron chi connectivity index (χ2n) is 4.67. The average Bonchev–Trinajstić information content (AvgIpc) is 2.32. The van der Waals surface area contributed by atoms with E-state index in [0.717, 1.165) is 25.3 Å². The molecule has 0 spiro atoms. The maximum Gasteiger partial charge on any atom is 0.227 e. The third-order valence-electron chi connectivity index (χ3n) is 2.59. The molecule has 0 aliphatic heterocycles. The summed E-state index contributed by atoms with van der Waals surface area (Å²) in [6.07, 6.45) is 2.26. The van der Waals surface area contributed by atoms with Gasteiger partial charge in [-0.3, -0.25) is 9.79 Å². The van der Waals surface area contributed by atoms with Crippen LogP contribution < -0.4 is 16.0 Å². The van der Waals surface area contributed by atoms with Crippen molar-refractivity contribution < 1.29 is 4.79 Å². The molecule has 0 aromatic heterocycles. The van der Waals surface area contributed by atoms with Gasteiger partial charge < -0.3 is 16.0 Å². The molecule has 0 unspecified atom stereocenters. The Bertz CT molecular complexity index is 267. The Labute approximate surface area is 128 Å². The molecule has 0 atom stereocenters. The Morgan fingerprint density at radius 2 is 1.89 bits per heavy atom. The Morgan fingerprint density at radius 1 is 1.28 bits per heavy atom. The molecule has 3 N–H and O–H groups in total. The van der Waals surface area contributed by atoms with Crippen molar-refractivity contribution in [3.8, 4) is 0 Å². The van der Waals surface area contributed by atoms with Crippen molar-refractivity contribution in [3.05, 3.63) is 0 Å². The van der Waals surface area contributed by atoms with Crippen molar-refractivity contribution in [3.63, 3.8) is 0 Å². The first-order chi connectivity index (χ1) is 7.97. The minimum atomic E-state index is -0.447. The number of carbonyl (C=O) groups excluding carboxylic acids is 1. The van der Waals surface area contributed by atoms with Crippen molar-refractivity contribution in [2.75, 3.05) is 27.2 Å². The number of hydrogen-bond acceptors (Lipinski definition) is 2. The lowest BCUT2D eigenvalue weighted by molar-refractivity contribution is -0.128. The molecule has 0 aliphatic rings. The summed E-state index contributed by atoms with van der Waals surface area (Å²) in [5.74, 6) is 0.768. The normalized spacial score (nSPS) is 11.5. The van der Waals surface area contributed by atoms with E-state index >= 15 is 0 Å². The third-order valence-corrected chi connectivity index (χ3v) is 2.59. The zero-order valence-corrected chi connectivity index (χ0v) is 14.4. The van der Waals surface area contributed by atoms with Crippen LogP contribution >= 0.6 is 24.0 Å². The van der Waals surface area contributed by atoms with Gasteiger partial charge in [0, 0.05) is 27.2 Å². The molecule has 5 nitrogen and oxygen atoms in total. The van der Waals surface area contributed by atoms with E-state index in [2.05, 4.69) is 27.9 Å². The van der Waals surface area contributed by atoms with E-state index < -0.39 is 5.41 Å². The number of aliphatic imine (C=N–C) groups is 1. The molecule has 0 aromatic carbocycles. The highest BCUT2D eigenvalue weighted by atomic mass is 127. The fourth-order valence-corrected chi connectivity index (χ4v) is 1.33. The molecule has 0 saturated carbocycles. The fraction of sp³-hybridized carbons (Fsp3) is 0.833. The van der Waals surface area contributed by atoms with Gasteiger partial charge in [-0.05, 0) is 20.3 Å². The van der Waals surface area contributed by atoms with Crippen LogP contribution in [0.5, 0.6) is 0 Å². The molecule has 0 saturated heterocycles. The summed E-state index contributed by atoms with van der Waals surface area (Å²) in [5, 5.41) is 9.03. The minimum absolute atomic E-state index is 0. The van der Waals surface area contributed by atoms with Crippen LogP contribution in [0.25, 0.3) is 0 Å². The van der Waals surface area contributed by atoms with E-state index in [4.69, 9.17) is 0 Å². The van der Waals surface area contributed by atoms with Crippen molar-refractivity contribution in [2.24, 2.45) is 10.4 Å². The van der Waals surface area contributed by atoms with Crippen LogP contribution in [0.1, 0.15) is 33.6 Å². The van der Waals surface area contributed by atoms with E-state index in [1.54, 1.807) is 14.1 Å². The number of halogens is 1. The minimum Gasteiger partial charge on any atom is -0.359 e. The number of guanidine groups is 1. The average molecular weight is 370 g/mol. The number of rotatable bonds is 6. The number of nitrogens with zero attached hydrogens (tertiary/aromatic N) is 1. The van der Waals surface area contributed by atoms with Gasteiger partial charge in [-0.25, -0.2) is 0 Å². The summed E-state index contributed by atoms with van der Waals surface area (Å²) >= 11 is 0. The SMILES string of the molecule is CCCCNC(=NC)NCC(C)(C)C(=O)NC.I. The summed E-state index contributed by atoms with van der Waals surface area (Å²) in [5.41, 5.74) is -0.447. The number of carbonyl (C=O) groups is 1. The molecule has 0 aromatic rings. The van der Waals surface area contributed by atoms with E-state index in [9.17, 15) is 4.79 Å². The molecule has 6 heteroatoms. The van der Waals surface area contributed by atoms with Gasteiger partial charge in [0.25, 0.3) is 0 Å². The fourth-order valence-electron chi connectivity index (χ4n) is 1.33. The van der Waals surface area contributed by atoms with Gasteiger partial charge in [0.15, 0.2) is 5.96 Å². The van der Waals surface area contributed by atoms with Crippen molar-refractivity contribution in [1.29, 1.82) is 0 Å². The van der Waals surface area contributed by atoms with E-state index in [1.807, 2.05) is 13.8 Å². The van der Waals surface area contributed by atoms with E-state index in [-0.39, 0.29) is 29.9 Å². The zero-order valence-electron chi connectivity index (χ0n) is 12.1. The first-order valence-electron chi connectivity index (χ1n) is 6.14. The van der Waals surface area contributed by atoms with Crippen molar-refractivity contribution in [2.45, 2.75) is 33.6 Å². The molecule has 0 aliphatic carbocycles. The second kappa shape index (κ2) is 10.4. The largest absolute Gasteiger partial charge is 0.359 e. The van der Waals surface area contributed by atoms with Crippen LogP contribution in [0.15, 0.2) is 4.99 Å². The van der Waals surface area contributed by atoms with Crippen LogP contribution in [0.3, 0.4) is 0 Å². The molecular weight excluding hydrogens is 343 g/mol. The van der Waals surface area contributed by atoms with Gasteiger partial charge in [-0.2, -0.15) is 0 Å². The monoisotopic (exact) mass is 370 g/mol. The summed E-state index contributed by atoms with van der Waals surface area (Å²) in [6.45, 7) is 7.40. The highest BCUT2D eigenvalue weighted by molar-refractivity contribution is 14.0. The predicted octanol–water partition coefficient (Wildman–Crippen LogP) is 1.34. The predicted molar refractivity (Wildman–Crippen MR) is 87.5 cm³/mol. The van der Waals surface area contributed by atoms with Crippen LogP contribution in [-0.4, -0.2) is 39.1 Å². The van der Waals surface area contributed by atoms with Gasteiger partial charge in [0.1, 0.15) is 0 Å². The number of unbranched alkanes of at least 4 members (excludes halogenated alkanes) is 1. The zero-order chi connectivity index (χ0) is 13.3. The molecule has 18 heavy (non-hydrogen) atoms. The maximum absolute atomic E-state index is 11.6. The van der Waals surface area contributed by atoms with Gasteiger partial charge in [0.05, 0.1) is 5.41 Å². The maximum atomic E-state index is 11.6. The Morgan fingerprint density at radius 3 is 2.33 bits per heavy atom. The van der Waals surface area contributed by atoms with Crippen LogP contribution in [0.4, 0.5) is 0 Å². The van der Waals surface area contributed by atoms with E-state index in [1.165, 1.54) is 0 Å². The summed E-state index contributed by atoms with van der Waals surface area (Å²) in [7, 11) is 3.38. The summed E-state index contributed by atoms with van der Waals surface area (Å²) in [6, 6.07) is 0. The molecule has 1 amide bonds.